The predicted octanol–water partition coefficient (Wildman–Crippen LogP) is 2.50. The molecule has 0 aromatic carbocycles. The molecular formula is C19H23N5OS. The number of rotatable bonds is 4. The molecule has 1 fully saturated rings. The Bertz CT molecular complexity index is 959. The Morgan fingerprint density at radius 3 is 3.08 bits per heavy atom. The first-order valence-electron chi connectivity index (χ1n) is 9.51. The molecule has 1 saturated heterocycles. The van der Waals surface area contributed by atoms with Crippen molar-refractivity contribution in [1.82, 2.24) is 24.1 Å². The van der Waals surface area contributed by atoms with Gasteiger partial charge in [0.25, 0.3) is 5.56 Å². The molecule has 0 N–H and O–H groups in total. The number of fused-ring (bicyclic) bond motifs is 2. The third-order valence-electron chi connectivity index (χ3n) is 5.66. The highest BCUT2D eigenvalue weighted by Crippen LogP contribution is 2.22. The van der Waals surface area contributed by atoms with Gasteiger partial charge in [0, 0.05) is 36.4 Å². The summed E-state index contributed by atoms with van der Waals surface area (Å²) in [6.07, 6.45) is 10.8. The second-order valence-corrected chi connectivity index (χ2v) is 8.31. The van der Waals surface area contributed by atoms with Gasteiger partial charge in [0.15, 0.2) is 4.96 Å². The summed E-state index contributed by atoms with van der Waals surface area (Å²) in [7, 11) is 0. The highest BCUT2D eigenvalue weighted by molar-refractivity contribution is 7.15. The normalized spacial score (nSPS) is 20.7. The lowest BCUT2D eigenvalue weighted by Gasteiger charge is -2.24. The Kier molecular flexibility index (Phi) is 4.13. The Hall–Kier alpha value is -1.99. The number of imidazole rings is 1. The minimum Gasteiger partial charge on any atom is -0.297 e. The lowest BCUT2D eigenvalue weighted by Crippen LogP contribution is -2.37. The molecule has 0 saturated carbocycles. The summed E-state index contributed by atoms with van der Waals surface area (Å²) in [6, 6.07) is 2.19. The summed E-state index contributed by atoms with van der Waals surface area (Å²) in [5, 5.41) is 6.76. The third-order valence-corrected chi connectivity index (χ3v) is 6.44. The van der Waals surface area contributed by atoms with Crippen LogP contribution in [0.25, 0.3) is 4.96 Å². The first-order chi connectivity index (χ1) is 12.8. The van der Waals surface area contributed by atoms with Gasteiger partial charge in [-0.25, -0.2) is 9.67 Å². The van der Waals surface area contributed by atoms with Crippen molar-refractivity contribution >= 4 is 16.3 Å². The molecule has 6 nitrogen and oxygen atoms in total. The predicted molar refractivity (Wildman–Crippen MR) is 102 cm³/mol. The topological polar surface area (TPSA) is 55.4 Å². The molecule has 0 radical (unpaired) electrons. The lowest BCUT2D eigenvalue weighted by molar-refractivity contribution is 0.214. The molecule has 1 unspecified atom stereocenters. The fourth-order valence-electron chi connectivity index (χ4n) is 4.30. The summed E-state index contributed by atoms with van der Waals surface area (Å²) in [6.45, 7) is 2.60. The summed E-state index contributed by atoms with van der Waals surface area (Å²) in [5.41, 5.74) is 3.46. The van der Waals surface area contributed by atoms with Crippen LogP contribution in [-0.4, -0.2) is 36.7 Å². The molecule has 3 aromatic rings. The van der Waals surface area contributed by atoms with E-state index < -0.39 is 0 Å². The van der Waals surface area contributed by atoms with E-state index in [0.717, 1.165) is 48.7 Å². The fraction of sp³-hybridized carbons (Fsp3) is 0.526. The number of thiazole rings is 1. The summed E-state index contributed by atoms with van der Waals surface area (Å²) >= 11 is 1.66. The smallest absolute Gasteiger partial charge is 0.267 e. The van der Waals surface area contributed by atoms with Gasteiger partial charge in [-0.15, -0.1) is 11.3 Å². The van der Waals surface area contributed by atoms with Gasteiger partial charge in [0.2, 0.25) is 0 Å². The zero-order valence-electron chi connectivity index (χ0n) is 14.8. The zero-order valence-corrected chi connectivity index (χ0v) is 15.6. The Balaban J connectivity index is 1.34. The minimum absolute atomic E-state index is 0.0556. The van der Waals surface area contributed by atoms with Crippen LogP contribution >= 0.6 is 11.3 Å². The van der Waals surface area contributed by atoms with Crippen LogP contribution in [0.1, 0.15) is 42.6 Å². The van der Waals surface area contributed by atoms with Gasteiger partial charge in [-0.05, 0) is 50.6 Å². The van der Waals surface area contributed by atoms with Crippen molar-refractivity contribution in [3.63, 3.8) is 0 Å². The molecule has 7 heteroatoms. The number of likely N-dealkylation sites (tertiary alicyclic amines) is 1. The van der Waals surface area contributed by atoms with Gasteiger partial charge in [0.1, 0.15) is 0 Å². The molecule has 5 rings (SSSR count). The first-order valence-corrected chi connectivity index (χ1v) is 10.4. The van der Waals surface area contributed by atoms with Crippen LogP contribution in [0.15, 0.2) is 28.6 Å². The monoisotopic (exact) mass is 369 g/mol. The Labute approximate surface area is 156 Å². The molecule has 1 aliphatic carbocycles. The second-order valence-electron chi connectivity index (χ2n) is 7.44. The average molecular weight is 369 g/mol. The average Bonchev–Trinajstić information content (AvgIpc) is 3.33. The largest absolute Gasteiger partial charge is 0.297 e. The molecule has 4 heterocycles. The fourth-order valence-corrected chi connectivity index (χ4v) is 5.02. The van der Waals surface area contributed by atoms with E-state index in [2.05, 4.69) is 27.1 Å². The molecule has 0 spiro atoms. The minimum atomic E-state index is 0.0556. The summed E-state index contributed by atoms with van der Waals surface area (Å²) in [4.78, 5) is 20.7. The van der Waals surface area contributed by atoms with Gasteiger partial charge in [-0.1, -0.05) is 0 Å². The molecule has 136 valence electrons. The molecule has 0 amide bonds. The maximum atomic E-state index is 12.5. The van der Waals surface area contributed by atoms with Crippen molar-refractivity contribution in [3.05, 3.63) is 51.1 Å². The second kappa shape index (κ2) is 6.63. The highest BCUT2D eigenvalue weighted by atomic mass is 32.1. The Morgan fingerprint density at radius 2 is 2.15 bits per heavy atom. The van der Waals surface area contributed by atoms with Gasteiger partial charge >= 0.3 is 0 Å². The van der Waals surface area contributed by atoms with E-state index in [1.54, 1.807) is 16.0 Å². The molecule has 1 atom stereocenters. The van der Waals surface area contributed by atoms with Crippen LogP contribution in [0, 0.1) is 0 Å². The van der Waals surface area contributed by atoms with Crippen molar-refractivity contribution in [3.8, 4) is 0 Å². The molecule has 2 aliphatic rings. The molecule has 0 bridgehead atoms. The van der Waals surface area contributed by atoms with E-state index in [1.165, 1.54) is 24.8 Å². The SMILES string of the molecule is O=c1cc2c(nn1CC1CCCN1Cc1cn3ccsc3n1)CCCC2. The molecule has 26 heavy (non-hydrogen) atoms. The molecular weight excluding hydrogens is 346 g/mol. The van der Waals surface area contributed by atoms with Crippen LogP contribution in [-0.2, 0) is 25.9 Å². The molecule has 3 aromatic heterocycles. The highest BCUT2D eigenvalue weighted by Gasteiger charge is 2.27. The Morgan fingerprint density at radius 1 is 1.23 bits per heavy atom. The van der Waals surface area contributed by atoms with Gasteiger partial charge in [0.05, 0.1) is 17.9 Å². The van der Waals surface area contributed by atoms with E-state index in [0.29, 0.717) is 12.6 Å². The number of aryl methyl sites for hydroxylation is 2. The summed E-state index contributed by atoms with van der Waals surface area (Å²) < 4.78 is 3.79. The maximum absolute atomic E-state index is 12.5. The van der Waals surface area contributed by atoms with Gasteiger partial charge < -0.3 is 0 Å². The first kappa shape index (κ1) is 16.2. The van der Waals surface area contributed by atoms with Gasteiger partial charge in [-0.3, -0.25) is 14.1 Å². The standard InChI is InChI=1S/C19H23N5OS/c25-18-10-14-4-1-2-6-17(14)21-24(18)13-16-5-3-7-22(16)11-15-12-23-8-9-26-19(23)20-15/h8-10,12,16H,1-7,11,13H2. The lowest BCUT2D eigenvalue weighted by atomic mass is 9.97. The van der Waals surface area contributed by atoms with Crippen molar-refractivity contribution in [2.75, 3.05) is 6.54 Å². The molecule has 1 aliphatic heterocycles. The van der Waals surface area contributed by atoms with E-state index in [9.17, 15) is 4.79 Å². The van der Waals surface area contributed by atoms with Crippen molar-refractivity contribution in [2.24, 2.45) is 0 Å². The summed E-state index contributed by atoms with van der Waals surface area (Å²) in [5.74, 6) is 0. The van der Waals surface area contributed by atoms with E-state index in [1.807, 2.05) is 6.07 Å². The van der Waals surface area contributed by atoms with Crippen LogP contribution in [0.5, 0.6) is 0 Å². The van der Waals surface area contributed by atoms with Crippen molar-refractivity contribution < 1.29 is 0 Å². The van der Waals surface area contributed by atoms with Crippen molar-refractivity contribution in [1.29, 1.82) is 0 Å². The maximum Gasteiger partial charge on any atom is 0.267 e. The number of nitrogens with zero attached hydrogens (tertiary/aromatic N) is 5. The number of hydrogen-bond donors (Lipinski definition) is 0. The van der Waals surface area contributed by atoms with Gasteiger partial charge in [-0.2, -0.15) is 5.10 Å². The van der Waals surface area contributed by atoms with E-state index >= 15 is 0 Å². The van der Waals surface area contributed by atoms with E-state index in [-0.39, 0.29) is 5.56 Å². The number of aromatic nitrogens is 4. The van der Waals surface area contributed by atoms with Crippen LogP contribution in [0.3, 0.4) is 0 Å². The van der Waals surface area contributed by atoms with Crippen LogP contribution < -0.4 is 5.56 Å². The van der Waals surface area contributed by atoms with Crippen LogP contribution in [0.2, 0.25) is 0 Å². The van der Waals surface area contributed by atoms with Crippen molar-refractivity contribution in [2.45, 2.75) is 57.7 Å². The number of hydrogen-bond acceptors (Lipinski definition) is 5. The zero-order chi connectivity index (χ0) is 17.5. The van der Waals surface area contributed by atoms with E-state index in [4.69, 9.17) is 10.1 Å². The van der Waals surface area contributed by atoms with Crippen LogP contribution in [0.4, 0.5) is 0 Å². The quantitative estimate of drug-likeness (QED) is 0.709. The third kappa shape index (κ3) is 2.99.